The first-order chi connectivity index (χ1) is 11.9. The molecule has 0 aliphatic heterocycles. The van der Waals surface area contributed by atoms with Crippen LogP contribution in [0.4, 0.5) is 0 Å². The molecule has 2 heterocycles. The van der Waals surface area contributed by atoms with Crippen molar-refractivity contribution in [1.82, 2.24) is 20.0 Å². The molecule has 0 saturated heterocycles. The molecule has 0 fully saturated rings. The van der Waals surface area contributed by atoms with E-state index in [4.69, 9.17) is 16.3 Å². The predicted molar refractivity (Wildman–Crippen MR) is 96.9 cm³/mol. The maximum absolute atomic E-state index is 12.3. The van der Waals surface area contributed by atoms with Gasteiger partial charge in [0.05, 0.1) is 17.4 Å². The summed E-state index contributed by atoms with van der Waals surface area (Å²) in [6.45, 7) is 5.96. The molecule has 0 amide bonds. The summed E-state index contributed by atoms with van der Waals surface area (Å²) in [5.41, 5.74) is 2.04. The third kappa shape index (κ3) is 3.74. The number of H-pyrrole nitrogens is 1. The van der Waals surface area contributed by atoms with Crippen molar-refractivity contribution in [3.05, 3.63) is 63.7 Å². The van der Waals surface area contributed by atoms with Crippen molar-refractivity contribution in [2.75, 3.05) is 0 Å². The van der Waals surface area contributed by atoms with E-state index < -0.39 is 5.54 Å². The quantitative estimate of drug-likeness (QED) is 0.773. The predicted octanol–water partition coefficient (Wildman–Crippen LogP) is 3.62. The molecule has 0 aliphatic rings. The fourth-order valence-corrected chi connectivity index (χ4v) is 2.53. The van der Waals surface area contributed by atoms with Crippen molar-refractivity contribution < 1.29 is 4.74 Å². The van der Waals surface area contributed by atoms with E-state index in [0.29, 0.717) is 6.61 Å². The highest BCUT2D eigenvalue weighted by molar-refractivity contribution is 6.31. The summed E-state index contributed by atoms with van der Waals surface area (Å²) in [6, 6.07) is 9.73. The number of ether oxygens (including phenoxy) is 1. The molecule has 3 aromatic rings. The monoisotopic (exact) mass is 358 g/mol. The van der Waals surface area contributed by atoms with Crippen LogP contribution in [0.25, 0.3) is 11.3 Å². The number of hydrogen-bond donors (Lipinski definition) is 1. The van der Waals surface area contributed by atoms with Crippen molar-refractivity contribution in [3.63, 3.8) is 0 Å². The molecule has 1 aromatic carbocycles. The molecule has 6 nitrogen and oxygen atoms in total. The highest BCUT2D eigenvalue weighted by Gasteiger charge is 2.19. The second kappa shape index (κ2) is 6.72. The Morgan fingerprint density at radius 1 is 1.20 bits per heavy atom. The van der Waals surface area contributed by atoms with Crippen LogP contribution in [0.15, 0.2) is 47.5 Å². The molecule has 0 unspecified atom stereocenters. The fourth-order valence-electron chi connectivity index (χ4n) is 2.35. The molecule has 0 atom stereocenters. The zero-order valence-electron chi connectivity index (χ0n) is 14.3. The second-order valence-corrected chi connectivity index (χ2v) is 7.03. The lowest BCUT2D eigenvalue weighted by Crippen LogP contribution is -2.36. The Hall–Kier alpha value is -2.60. The summed E-state index contributed by atoms with van der Waals surface area (Å²) in [5.74, 6) is 0.281. The second-order valence-electron chi connectivity index (χ2n) is 6.66. The van der Waals surface area contributed by atoms with Gasteiger partial charge in [0, 0.05) is 11.8 Å². The molecule has 0 bridgehead atoms. The van der Waals surface area contributed by atoms with E-state index in [2.05, 4.69) is 15.3 Å². The lowest BCUT2D eigenvalue weighted by atomic mass is 10.1. The van der Waals surface area contributed by atoms with Crippen molar-refractivity contribution in [2.24, 2.45) is 0 Å². The smallest absolute Gasteiger partial charge is 0.289 e. The highest BCUT2D eigenvalue weighted by atomic mass is 35.5. The molecule has 0 radical (unpaired) electrons. The van der Waals surface area contributed by atoms with Crippen LogP contribution >= 0.6 is 11.6 Å². The van der Waals surface area contributed by atoms with Crippen LogP contribution < -0.4 is 10.3 Å². The Labute approximate surface area is 150 Å². The lowest BCUT2D eigenvalue weighted by Gasteiger charge is -2.21. The van der Waals surface area contributed by atoms with E-state index in [-0.39, 0.29) is 16.3 Å². The molecule has 0 spiro atoms. The van der Waals surface area contributed by atoms with Crippen LogP contribution in [0.3, 0.4) is 0 Å². The average Bonchev–Trinajstić information content (AvgIpc) is 3.10. The van der Waals surface area contributed by atoms with Gasteiger partial charge in [-0.3, -0.25) is 9.89 Å². The fraction of sp³-hybridized carbons (Fsp3) is 0.278. The first-order valence-electron chi connectivity index (χ1n) is 7.86. The third-order valence-corrected chi connectivity index (χ3v) is 4.02. The van der Waals surface area contributed by atoms with Crippen molar-refractivity contribution in [2.45, 2.75) is 32.9 Å². The van der Waals surface area contributed by atoms with E-state index >= 15 is 0 Å². The Morgan fingerprint density at radius 3 is 2.52 bits per heavy atom. The van der Waals surface area contributed by atoms with E-state index in [1.807, 2.05) is 51.1 Å². The zero-order valence-corrected chi connectivity index (χ0v) is 15.0. The van der Waals surface area contributed by atoms with Gasteiger partial charge in [-0.25, -0.2) is 4.68 Å². The number of aromatic nitrogens is 4. The van der Waals surface area contributed by atoms with E-state index in [1.54, 1.807) is 6.20 Å². The van der Waals surface area contributed by atoms with Gasteiger partial charge >= 0.3 is 0 Å². The Bertz CT molecular complexity index is 910. The van der Waals surface area contributed by atoms with E-state index in [1.165, 1.54) is 10.9 Å². The number of aromatic amines is 1. The molecule has 2 aromatic heterocycles. The summed E-state index contributed by atoms with van der Waals surface area (Å²) in [5, 5.41) is 11.1. The average molecular weight is 359 g/mol. The third-order valence-electron chi connectivity index (χ3n) is 3.67. The molecule has 130 valence electrons. The summed E-state index contributed by atoms with van der Waals surface area (Å²) in [7, 11) is 0. The molecule has 25 heavy (non-hydrogen) atoms. The number of nitrogens with zero attached hydrogens (tertiary/aromatic N) is 3. The molecule has 1 N–H and O–H groups in total. The number of nitrogens with one attached hydrogen (secondary N) is 1. The van der Waals surface area contributed by atoms with Crippen molar-refractivity contribution in [3.8, 4) is 17.0 Å². The van der Waals surface area contributed by atoms with Gasteiger partial charge in [-0.1, -0.05) is 35.9 Å². The van der Waals surface area contributed by atoms with Crippen LogP contribution in [0.5, 0.6) is 5.75 Å². The first kappa shape index (κ1) is 17.2. The summed E-state index contributed by atoms with van der Waals surface area (Å²) in [6.07, 6.45) is 3.26. The van der Waals surface area contributed by atoms with Crippen molar-refractivity contribution >= 4 is 11.6 Å². The largest absolute Gasteiger partial charge is 0.485 e. The van der Waals surface area contributed by atoms with Crippen molar-refractivity contribution in [1.29, 1.82) is 0 Å². The van der Waals surface area contributed by atoms with Crippen LogP contribution in [0.1, 0.15) is 26.3 Å². The maximum atomic E-state index is 12.3. The highest BCUT2D eigenvalue weighted by Crippen LogP contribution is 2.22. The minimum atomic E-state index is -0.443. The molecule has 0 aliphatic carbocycles. The standard InChI is InChI=1S/C18H19ClN4O2/c1-18(2,3)23-17(24)16(19)15(10-21-23)25-11-12-4-6-13(7-5-12)14-8-9-20-22-14/h4-10H,11H2,1-3H3,(H,20,22). The van der Waals surface area contributed by atoms with Gasteiger partial charge in [-0.2, -0.15) is 10.2 Å². The SMILES string of the molecule is CC(C)(C)n1ncc(OCc2ccc(-c3cc[nH]n3)cc2)c(Cl)c1=O. The number of halogens is 1. The number of hydrogen-bond acceptors (Lipinski definition) is 4. The van der Waals surface area contributed by atoms with Gasteiger partial charge in [0.25, 0.3) is 5.56 Å². The van der Waals surface area contributed by atoms with E-state index in [0.717, 1.165) is 16.8 Å². The summed E-state index contributed by atoms with van der Waals surface area (Å²) < 4.78 is 7.02. The van der Waals surface area contributed by atoms with Gasteiger partial charge in [0.1, 0.15) is 6.61 Å². The topological polar surface area (TPSA) is 72.8 Å². The summed E-state index contributed by atoms with van der Waals surface area (Å²) >= 11 is 6.15. The van der Waals surface area contributed by atoms with Gasteiger partial charge in [0.2, 0.25) is 0 Å². The Kier molecular flexibility index (Phi) is 4.63. The van der Waals surface area contributed by atoms with Gasteiger partial charge in [-0.05, 0) is 32.4 Å². The Morgan fingerprint density at radius 2 is 1.92 bits per heavy atom. The number of rotatable bonds is 4. The van der Waals surface area contributed by atoms with Crippen LogP contribution in [-0.2, 0) is 12.1 Å². The normalized spacial score (nSPS) is 11.5. The van der Waals surface area contributed by atoms with Crippen LogP contribution in [-0.4, -0.2) is 20.0 Å². The molecular formula is C18H19ClN4O2. The molecule has 7 heteroatoms. The first-order valence-corrected chi connectivity index (χ1v) is 8.24. The van der Waals surface area contributed by atoms with E-state index in [9.17, 15) is 4.79 Å². The maximum Gasteiger partial charge on any atom is 0.289 e. The van der Waals surface area contributed by atoms with Gasteiger partial charge < -0.3 is 4.74 Å². The van der Waals surface area contributed by atoms with Crippen LogP contribution in [0, 0.1) is 0 Å². The van der Waals surface area contributed by atoms with Gasteiger partial charge in [0.15, 0.2) is 10.8 Å². The zero-order chi connectivity index (χ0) is 18.0. The lowest BCUT2D eigenvalue weighted by molar-refractivity contribution is 0.292. The van der Waals surface area contributed by atoms with Crippen LogP contribution in [0.2, 0.25) is 5.02 Å². The molecule has 3 rings (SSSR count). The minimum Gasteiger partial charge on any atom is -0.485 e. The summed E-state index contributed by atoms with van der Waals surface area (Å²) in [4.78, 5) is 12.3. The Balaban J connectivity index is 1.74. The molecule has 0 saturated carbocycles. The molecular weight excluding hydrogens is 340 g/mol. The minimum absolute atomic E-state index is 0.0399. The van der Waals surface area contributed by atoms with Gasteiger partial charge in [-0.15, -0.1) is 0 Å². The number of benzene rings is 1.